The fraction of sp³-hybridized carbons (Fsp3) is 0.769. The molecule has 0 aromatic heterocycles. The van der Waals surface area contributed by atoms with Gasteiger partial charge in [-0.3, -0.25) is 57.9 Å². The number of nitrogens with zero attached hydrogens (tertiary/aromatic N) is 5. The number of likely N-dealkylation sites (N-methyl/N-ethyl adjacent to an activating group) is 3. The Labute approximate surface area is 357 Å². The number of amides is 9. The van der Waals surface area contributed by atoms with Crippen LogP contribution in [0.2, 0.25) is 0 Å². The van der Waals surface area contributed by atoms with E-state index in [0.29, 0.717) is 32.2 Å². The van der Waals surface area contributed by atoms with Gasteiger partial charge in [-0.15, -0.1) is 0 Å². The predicted molar refractivity (Wildman–Crippen MR) is 220 cm³/mol. The topological polar surface area (TPSA) is 347 Å². The van der Waals surface area contributed by atoms with E-state index in [-0.39, 0.29) is 135 Å². The lowest BCUT2D eigenvalue weighted by Crippen LogP contribution is -2.59. The lowest BCUT2D eigenvalue weighted by Gasteiger charge is -2.42. The van der Waals surface area contributed by atoms with Gasteiger partial charge in [0.2, 0.25) is 53.2 Å². The maximum atomic E-state index is 12.6. The van der Waals surface area contributed by atoms with Crippen LogP contribution in [0.25, 0.3) is 0 Å². The number of piperazine rings is 1. The highest BCUT2D eigenvalue weighted by molar-refractivity contribution is 5.87. The quantitative estimate of drug-likeness (QED) is 0.0731. The molecule has 0 saturated carbocycles. The summed E-state index contributed by atoms with van der Waals surface area (Å²) in [6.07, 6.45) is 2.98. The van der Waals surface area contributed by atoms with Gasteiger partial charge in [0, 0.05) is 69.9 Å². The molecule has 11 unspecified atom stereocenters. The van der Waals surface area contributed by atoms with Crippen LogP contribution in [0.5, 0.6) is 0 Å². The zero-order valence-electron chi connectivity index (χ0n) is 36.3. The van der Waals surface area contributed by atoms with E-state index in [0.717, 1.165) is 13.0 Å². The Bertz CT molecular complexity index is 1650. The number of fused-ring (bicyclic) bond motifs is 2. The molecule has 5 aliphatic rings. The molecule has 0 bridgehead atoms. The number of nitrogens with two attached hydrogens (primary N) is 6. The van der Waals surface area contributed by atoms with Gasteiger partial charge in [-0.05, 0) is 71.5 Å². The van der Waals surface area contributed by atoms with Gasteiger partial charge in [-0.2, -0.15) is 0 Å². The standard InChI is InChI=1S/C14H24N4O3.C13H22N4O3.C12H22N4O4/c1-8-9(5-13(16)20)6-18-11(8)7-17(2)10(14(18)21)3-4-12(15)19;1-7-5-12-16(2)8(3-4-10(14)18)13(20)17(12)9(7)6-11(15)19;1-7-9(20-6-11(14)18)5-8(16(7)2)12(19)15-4-3-10(13)17/h8-11H,3-7H2,1-2H3,(H2,15,19)(H2,16,20);7-9,12H,3-6H2,1-2H3,(H2,14,18)(H2,15,19);7-9H,3-6H2,1-2H3,(H2,13,17)(H2,14,18)(H,15,19). The van der Waals surface area contributed by atoms with Crippen molar-refractivity contribution < 1.29 is 47.9 Å². The number of likely N-dealkylation sites (tertiary alicyclic amines) is 1. The molecular formula is C39H68N12O10. The van der Waals surface area contributed by atoms with Gasteiger partial charge < -0.3 is 54.3 Å². The van der Waals surface area contributed by atoms with E-state index >= 15 is 0 Å². The van der Waals surface area contributed by atoms with E-state index in [1.54, 1.807) is 4.90 Å². The minimum absolute atomic E-state index is 0.000253. The van der Waals surface area contributed by atoms with Gasteiger partial charge in [-0.25, -0.2) is 0 Å². The first-order valence-corrected chi connectivity index (χ1v) is 20.8. The second kappa shape index (κ2) is 22.2. The molecule has 5 rings (SSSR count). The number of primary amides is 6. The first-order valence-electron chi connectivity index (χ1n) is 20.8. The van der Waals surface area contributed by atoms with Gasteiger partial charge in [0.15, 0.2) is 0 Å². The summed E-state index contributed by atoms with van der Waals surface area (Å²) >= 11 is 0. The smallest absolute Gasteiger partial charge is 0.243 e. The van der Waals surface area contributed by atoms with Gasteiger partial charge >= 0.3 is 0 Å². The number of carbonyl (C=O) groups excluding carboxylic acids is 9. The van der Waals surface area contributed by atoms with Crippen LogP contribution in [-0.2, 0) is 47.9 Å². The van der Waals surface area contributed by atoms with Crippen LogP contribution in [0.4, 0.5) is 0 Å². The monoisotopic (exact) mass is 865 g/mol. The molecule has 22 heteroatoms. The highest BCUT2D eigenvalue weighted by atomic mass is 16.5. The fourth-order valence-electron chi connectivity index (χ4n) is 9.29. The second-order valence-electron chi connectivity index (χ2n) is 17.2. The summed E-state index contributed by atoms with van der Waals surface area (Å²) in [5.74, 6) is -2.03. The average molecular weight is 865 g/mol. The van der Waals surface area contributed by atoms with Crippen molar-refractivity contribution in [1.82, 2.24) is 29.8 Å². The van der Waals surface area contributed by atoms with Gasteiger partial charge in [-0.1, -0.05) is 13.8 Å². The molecule has 0 spiro atoms. The summed E-state index contributed by atoms with van der Waals surface area (Å²) in [7, 11) is 5.60. The normalized spacial score (nSPS) is 31.0. The SMILES string of the molecule is CC1C(CC(N)=O)CN2C(=O)C(CCC(N)=O)N(C)CC12.CC1C(OCC(N)=O)CC(C(=O)NCCC(N)=O)N1C.CC1CC2N(C)C(CCC(N)=O)C(=O)N2C1CC(N)=O. The Balaban J connectivity index is 0.000000244. The largest absolute Gasteiger partial charge is 0.370 e. The third kappa shape index (κ3) is 13.3. The van der Waals surface area contributed by atoms with E-state index in [1.807, 2.05) is 54.6 Å². The Hall–Kier alpha value is -4.93. The second-order valence-corrected chi connectivity index (χ2v) is 17.2. The van der Waals surface area contributed by atoms with Crippen molar-refractivity contribution in [3.63, 3.8) is 0 Å². The molecule has 344 valence electrons. The lowest BCUT2D eigenvalue weighted by molar-refractivity contribution is -0.144. The van der Waals surface area contributed by atoms with Crippen molar-refractivity contribution in [2.75, 3.05) is 47.4 Å². The van der Waals surface area contributed by atoms with Crippen LogP contribution in [0.1, 0.15) is 78.6 Å². The van der Waals surface area contributed by atoms with Crippen molar-refractivity contribution in [3.05, 3.63) is 0 Å². The summed E-state index contributed by atoms with van der Waals surface area (Å²) in [6.45, 7) is 7.43. The molecule has 0 aliphatic carbocycles. The molecule has 0 aromatic carbocycles. The summed E-state index contributed by atoms with van der Waals surface area (Å²) in [4.78, 5) is 112. The van der Waals surface area contributed by atoms with Crippen molar-refractivity contribution >= 4 is 53.2 Å². The molecule has 0 radical (unpaired) electrons. The van der Waals surface area contributed by atoms with Crippen molar-refractivity contribution in [1.29, 1.82) is 0 Å². The van der Waals surface area contributed by atoms with Crippen LogP contribution in [0, 0.1) is 17.8 Å². The molecule has 13 N–H and O–H groups in total. The van der Waals surface area contributed by atoms with Crippen LogP contribution in [-0.4, -0.2) is 174 Å². The number of hydrogen-bond acceptors (Lipinski definition) is 13. The van der Waals surface area contributed by atoms with Gasteiger partial charge in [0.05, 0.1) is 30.4 Å². The minimum atomic E-state index is -0.533. The van der Waals surface area contributed by atoms with Crippen molar-refractivity contribution in [2.24, 2.45) is 52.2 Å². The van der Waals surface area contributed by atoms with E-state index < -0.39 is 23.6 Å². The maximum Gasteiger partial charge on any atom is 0.243 e. The lowest BCUT2D eigenvalue weighted by atomic mass is 9.88. The third-order valence-corrected chi connectivity index (χ3v) is 12.9. The predicted octanol–water partition coefficient (Wildman–Crippen LogP) is -4.15. The molecule has 9 amide bonds. The third-order valence-electron chi connectivity index (χ3n) is 12.9. The molecule has 22 nitrogen and oxygen atoms in total. The zero-order valence-corrected chi connectivity index (χ0v) is 36.3. The van der Waals surface area contributed by atoms with Gasteiger partial charge in [0.1, 0.15) is 6.61 Å². The molecule has 61 heavy (non-hydrogen) atoms. The molecular weight excluding hydrogens is 797 g/mol. The molecule has 11 atom stereocenters. The molecule has 0 aromatic rings. The minimum Gasteiger partial charge on any atom is -0.370 e. The molecule has 5 fully saturated rings. The summed E-state index contributed by atoms with van der Waals surface area (Å²) in [5.41, 5.74) is 30.9. The first-order chi connectivity index (χ1) is 28.5. The van der Waals surface area contributed by atoms with E-state index in [9.17, 15) is 43.2 Å². The summed E-state index contributed by atoms with van der Waals surface area (Å²) in [6, 6.07) is -0.983. The Morgan fingerprint density at radius 2 is 1.26 bits per heavy atom. The van der Waals surface area contributed by atoms with Crippen molar-refractivity contribution in [3.8, 4) is 0 Å². The number of rotatable bonds is 17. The van der Waals surface area contributed by atoms with E-state index in [2.05, 4.69) is 12.2 Å². The zero-order chi connectivity index (χ0) is 46.0. The van der Waals surface area contributed by atoms with Crippen molar-refractivity contribution in [2.45, 2.75) is 127 Å². The first kappa shape index (κ1) is 50.4. The fourth-order valence-corrected chi connectivity index (χ4v) is 9.29. The molecule has 5 saturated heterocycles. The Morgan fingerprint density at radius 1 is 0.689 bits per heavy atom. The average Bonchev–Trinajstić information content (AvgIpc) is 3.81. The Kier molecular flexibility index (Phi) is 18.4. The van der Waals surface area contributed by atoms with E-state index in [1.165, 1.54) is 0 Å². The number of carbonyl (C=O) groups is 9. The van der Waals surface area contributed by atoms with Crippen LogP contribution < -0.4 is 39.7 Å². The van der Waals surface area contributed by atoms with Crippen LogP contribution in [0.3, 0.4) is 0 Å². The van der Waals surface area contributed by atoms with E-state index in [4.69, 9.17) is 39.1 Å². The van der Waals surface area contributed by atoms with Crippen LogP contribution >= 0.6 is 0 Å². The maximum absolute atomic E-state index is 12.6. The Morgan fingerprint density at radius 3 is 1.80 bits per heavy atom. The number of hydrogen-bond donors (Lipinski definition) is 7. The molecule has 5 aliphatic heterocycles. The highest BCUT2D eigenvalue weighted by Crippen LogP contribution is 2.40. The highest BCUT2D eigenvalue weighted by Gasteiger charge is 2.53. The summed E-state index contributed by atoms with van der Waals surface area (Å²) < 4.78 is 5.40. The molecule has 5 heterocycles. The van der Waals surface area contributed by atoms with Gasteiger partial charge in [0.25, 0.3) is 0 Å². The van der Waals surface area contributed by atoms with Crippen LogP contribution in [0.15, 0.2) is 0 Å². The number of nitrogens with one attached hydrogen (secondary N) is 1. The summed E-state index contributed by atoms with van der Waals surface area (Å²) in [5, 5.41) is 2.66. The number of ether oxygens (including phenoxy) is 1.